The molecule has 0 spiro atoms. The third kappa shape index (κ3) is 4.00. The maximum Gasteiger partial charge on any atom is 0.234 e. The Labute approximate surface area is 194 Å². The van der Waals surface area contributed by atoms with E-state index < -0.39 is 0 Å². The van der Waals surface area contributed by atoms with Gasteiger partial charge in [-0.15, -0.1) is 21.5 Å². The van der Waals surface area contributed by atoms with Crippen LogP contribution >= 0.6 is 23.1 Å². The number of aryl methyl sites for hydroxylation is 2. The Bertz CT molecular complexity index is 1310. The molecule has 0 radical (unpaired) electrons. The lowest BCUT2D eigenvalue weighted by molar-refractivity contribution is -0.113. The first kappa shape index (κ1) is 22.3. The SMILES string of the molecule is COc1ccc(NC(=O)CSc2nnc3c4c(C)c(C)sc4nc(C(C)C)n23)c(OC)c1. The van der Waals surface area contributed by atoms with E-state index in [1.54, 1.807) is 43.8 Å². The monoisotopic (exact) mass is 471 g/mol. The van der Waals surface area contributed by atoms with Crippen molar-refractivity contribution in [3.63, 3.8) is 0 Å². The number of thioether (sulfide) groups is 1. The molecule has 168 valence electrons. The van der Waals surface area contributed by atoms with Gasteiger partial charge >= 0.3 is 0 Å². The second-order valence-electron chi connectivity index (χ2n) is 7.63. The number of hydrogen-bond acceptors (Lipinski definition) is 8. The number of rotatable bonds is 7. The molecule has 1 amide bonds. The van der Waals surface area contributed by atoms with Crippen molar-refractivity contribution in [1.29, 1.82) is 0 Å². The summed E-state index contributed by atoms with van der Waals surface area (Å²) in [7, 11) is 3.14. The standard InChI is InChI=1S/C22H25N5O3S2/c1-11(2)19-24-21-18(12(3)13(4)32-21)20-25-26-22(27(19)20)31-10-17(28)23-15-8-7-14(29-5)9-16(15)30-6/h7-9,11H,10H2,1-6H3,(H,23,28). The molecule has 0 aliphatic rings. The Morgan fingerprint density at radius 3 is 2.69 bits per heavy atom. The normalized spacial score (nSPS) is 11.5. The van der Waals surface area contributed by atoms with Gasteiger partial charge in [0, 0.05) is 16.9 Å². The predicted molar refractivity (Wildman–Crippen MR) is 129 cm³/mol. The second kappa shape index (κ2) is 8.95. The number of methoxy groups -OCH3 is 2. The van der Waals surface area contributed by atoms with E-state index in [0.717, 1.165) is 21.7 Å². The van der Waals surface area contributed by atoms with Crippen LogP contribution in [0.2, 0.25) is 0 Å². The summed E-state index contributed by atoms with van der Waals surface area (Å²) < 4.78 is 12.5. The van der Waals surface area contributed by atoms with E-state index in [2.05, 4.69) is 43.2 Å². The lowest BCUT2D eigenvalue weighted by Gasteiger charge is -2.12. The van der Waals surface area contributed by atoms with Crippen LogP contribution in [0.3, 0.4) is 0 Å². The zero-order valence-electron chi connectivity index (χ0n) is 18.8. The molecule has 0 bridgehead atoms. The molecular weight excluding hydrogens is 446 g/mol. The molecule has 0 saturated carbocycles. The van der Waals surface area contributed by atoms with Gasteiger partial charge in [-0.2, -0.15) is 0 Å². The number of carbonyl (C=O) groups is 1. The highest BCUT2D eigenvalue weighted by Gasteiger charge is 2.21. The molecule has 8 nitrogen and oxygen atoms in total. The summed E-state index contributed by atoms with van der Waals surface area (Å²) in [5.41, 5.74) is 2.55. The number of fused-ring (bicyclic) bond motifs is 3. The summed E-state index contributed by atoms with van der Waals surface area (Å²) in [6.07, 6.45) is 0. The summed E-state index contributed by atoms with van der Waals surface area (Å²) >= 11 is 3.01. The van der Waals surface area contributed by atoms with Crippen molar-refractivity contribution >= 4 is 50.6 Å². The van der Waals surface area contributed by atoms with Crippen molar-refractivity contribution in [1.82, 2.24) is 19.6 Å². The first-order chi connectivity index (χ1) is 15.3. The molecule has 0 unspecified atom stereocenters. The Morgan fingerprint density at radius 2 is 2.00 bits per heavy atom. The highest BCUT2D eigenvalue weighted by Crippen LogP contribution is 2.35. The Morgan fingerprint density at radius 1 is 1.22 bits per heavy atom. The number of amides is 1. The van der Waals surface area contributed by atoms with Gasteiger partial charge in [0.15, 0.2) is 10.8 Å². The van der Waals surface area contributed by atoms with Gasteiger partial charge in [-0.3, -0.25) is 9.20 Å². The molecule has 0 fully saturated rings. The molecule has 0 aliphatic carbocycles. The number of benzene rings is 1. The Hall–Kier alpha value is -2.85. The van der Waals surface area contributed by atoms with E-state index in [4.69, 9.17) is 14.5 Å². The van der Waals surface area contributed by atoms with Crippen LogP contribution < -0.4 is 14.8 Å². The molecule has 3 aromatic heterocycles. The average Bonchev–Trinajstić information content (AvgIpc) is 3.32. The molecule has 3 heterocycles. The molecule has 4 rings (SSSR count). The first-order valence-electron chi connectivity index (χ1n) is 10.1. The van der Waals surface area contributed by atoms with E-state index >= 15 is 0 Å². The van der Waals surface area contributed by atoms with Crippen LogP contribution in [-0.4, -0.2) is 45.5 Å². The van der Waals surface area contributed by atoms with Gasteiger partial charge in [0.1, 0.15) is 22.2 Å². The second-order valence-corrected chi connectivity index (χ2v) is 9.78. The number of ether oxygens (including phenoxy) is 2. The quantitative estimate of drug-likeness (QED) is 0.386. The maximum absolute atomic E-state index is 12.7. The van der Waals surface area contributed by atoms with Crippen LogP contribution in [0.25, 0.3) is 15.9 Å². The van der Waals surface area contributed by atoms with Gasteiger partial charge in [-0.1, -0.05) is 25.6 Å². The van der Waals surface area contributed by atoms with Crippen LogP contribution in [0.1, 0.15) is 36.0 Å². The van der Waals surface area contributed by atoms with Crippen molar-refractivity contribution in [2.75, 3.05) is 25.3 Å². The summed E-state index contributed by atoms with van der Waals surface area (Å²) in [6, 6.07) is 5.26. The smallest absolute Gasteiger partial charge is 0.234 e. The van der Waals surface area contributed by atoms with Crippen LogP contribution in [0.4, 0.5) is 5.69 Å². The fraction of sp³-hybridized carbons (Fsp3) is 0.364. The molecule has 4 aromatic rings. The number of thiophene rings is 1. The van der Waals surface area contributed by atoms with Gasteiger partial charge < -0.3 is 14.8 Å². The highest BCUT2D eigenvalue weighted by molar-refractivity contribution is 7.99. The minimum Gasteiger partial charge on any atom is -0.497 e. The number of aromatic nitrogens is 4. The van der Waals surface area contributed by atoms with Gasteiger partial charge in [0.05, 0.1) is 31.0 Å². The van der Waals surface area contributed by atoms with E-state index in [1.807, 2.05) is 4.40 Å². The van der Waals surface area contributed by atoms with Crippen molar-refractivity contribution in [2.45, 2.75) is 38.8 Å². The number of nitrogens with zero attached hydrogens (tertiary/aromatic N) is 4. The van der Waals surface area contributed by atoms with E-state index in [9.17, 15) is 4.79 Å². The summed E-state index contributed by atoms with van der Waals surface area (Å²) in [5, 5.41) is 13.4. The van der Waals surface area contributed by atoms with Crippen molar-refractivity contribution in [2.24, 2.45) is 0 Å². The molecule has 1 N–H and O–H groups in total. The molecule has 10 heteroatoms. The zero-order valence-corrected chi connectivity index (χ0v) is 20.5. The average molecular weight is 472 g/mol. The summed E-state index contributed by atoms with van der Waals surface area (Å²) in [5.74, 6) is 2.26. The van der Waals surface area contributed by atoms with Crippen LogP contribution in [-0.2, 0) is 4.79 Å². The minimum absolute atomic E-state index is 0.169. The van der Waals surface area contributed by atoms with Gasteiger partial charge in [0.2, 0.25) is 5.91 Å². The largest absolute Gasteiger partial charge is 0.497 e. The fourth-order valence-corrected chi connectivity index (χ4v) is 5.21. The number of carbonyl (C=O) groups excluding carboxylic acids is 1. The first-order valence-corrected chi connectivity index (χ1v) is 11.9. The number of anilines is 1. The maximum atomic E-state index is 12.7. The van der Waals surface area contributed by atoms with Gasteiger partial charge in [-0.05, 0) is 31.5 Å². The van der Waals surface area contributed by atoms with Crippen molar-refractivity contribution in [3.05, 3.63) is 34.5 Å². The van der Waals surface area contributed by atoms with E-state index in [0.29, 0.717) is 22.3 Å². The number of hydrogen-bond donors (Lipinski definition) is 1. The van der Waals surface area contributed by atoms with Crippen LogP contribution in [0.15, 0.2) is 23.4 Å². The topological polar surface area (TPSA) is 90.6 Å². The van der Waals surface area contributed by atoms with Gasteiger partial charge in [0.25, 0.3) is 0 Å². The van der Waals surface area contributed by atoms with E-state index in [1.165, 1.54) is 22.2 Å². The van der Waals surface area contributed by atoms with E-state index in [-0.39, 0.29) is 17.6 Å². The molecule has 0 saturated heterocycles. The van der Waals surface area contributed by atoms with Crippen LogP contribution in [0, 0.1) is 13.8 Å². The molecular formula is C22H25N5O3S2. The Kier molecular flexibility index (Phi) is 6.25. The minimum atomic E-state index is -0.169. The zero-order chi connectivity index (χ0) is 23.0. The van der Waals surface area contributed by atoms with Crippen molar-refractivity contribution < 1.29 is 14.3 Å². The van der Waals surface area contributed by atoms with Crippen LogP contribution in [0.5, 0.6) is 11.5 Å². The number of nitrogens with one attached hydrogen (secondary N) is 1. The third-order valence-electron chi connectivity index (χ3n) is 5.20. The summed E-state index contributed by atoms with van der Waals surface area (Å²) in [6.45, 7) is 8.37. The lowest BCUT2D eigenvalue weighted by Crippen LogP contribution is -2.15. The highest BCUT2D eigenvalue weighted by atomic mass is 32.2. The lowest BCUT2D eigenvalue weighted by atomic mass is 10.2. The Balaban J connectivity index is 1.61. The third-order valence-corrected chi connectivity index (χ3v) is 7.23. The molecule has 0 aliphatic heterocycles. The van der Waals surface area contributed by atoms with Crippen molar-refractivity contribution in [3.8, 4) is 11.5 Å². The van der Waals surface area contributed by atoms with Gasteiger partial charge in [-0.25, -0.2) is 4.98 Å². The molecule has 0 atom stereocenters. The fourth-order valence-electron chi connectivity index (χ4n) is 3.44. The molecule has 1 aromatic carbocycles. The molecule has 32 heavy (non-hydrogen) atoms. The predicted octanol–water partition coefficient (Wildman–Crippen LogP) is 4.83. The summed E-state index contributed by atoms with van der Waals surface area (Å²) in [4.78, 5) is 19.8.